The van der Waals surface area contributed by atoms with Gasteiger partial charge in [0.15, 0.2) is 11.5 Å². The number of halogens is 3. The van der Waals surface area contributed by atoms with E-state index in [2.05, 4.69) is 15.9 Å². The van der Waals surface area contributed by atoms with Gasteiger partial charge in [-0.15, -0.1) is 0 Å². The lowest BCUT2D eigenvalue weighted by molar-refractivity contribution is 0.173. The fourth-order valence-electron chi connectivity index (χ4n) is 2.08. The van der Waals surface area contributed by atoms with E-state index in [4.69, 9.17) is 9.47 Å². The second kappa shape index (κ2) is 5.03. The Kier molecular flexibility index (Phi) is 3.35. The minimum Gasteiger partial charge on any atom is -0.454 e. The van der Waals surface area contributed by atoms with Gasteiger partial charge < -0.3 is 14.6 Å². The molecule has 1 aliphatic rings. The average molecular weight is 343 g/mol. The van der Waals surface area contributed by atoms with E-state index in [1.807, 2.05) is 0 Å². The third kappa shape index (κ3) is 2.14. The zero-order valence-electron chi connectivity index (χ0n) is 10.1. The predicted octanol–water partition coefficient (Wildman–Crippen LogP) is 3.54. The molecule has 0 amide bonds. The number of hydrogen-bond acceptors (Lipinski definition) is 3. The van der Waals surface area contributed by atoms with Crippen LogP contribution in [-0.4, -0.2) is 11.9 Å². The molecule has 0 saturated carbocycles. The Morgan fingerprint density at radius 1 is 1.15 bits per heavy atom. The molecule has 1 unspecified atom stereocenters. The van der Waals surface area contributed by atoms with Crippen LogP contribution < -0.4 is 9.47 Å². The fraction of sp³-hybridized carbons (Fsp3) is 0.143. The summed E-state index contributed by atoms with van der Waals surface area (Å²) in [7, 11) is 0. The van der Waals surface area contributed by atoms with E-state index in [-0.39, 0.29) is 6.79 Å². The van der Waals surface area contributed by atoms with Crippen molar-refractivity contribution in [2.24, 2.45) is 0 Å². The number of aliphatic hydroxyl groups excluding tert-OH is 1. The maximum Gasteiger partial charge on any atom is 0.231 e. The summed E-state index contributed by atoms with van der Waals surface area (Å²) in [6, 6.07) is 6.50. The molecular weight excluding hydrogens is 334 g/mol. The second-order valence-corrected chi connectivity index (χ2v) is 5.13. The Morgan fingerprint density at radius 3 is 2.55 bits per heavy atom. The number of hydrogen-bond donors (Lipinski definition) is 1. The van der Waals surface area contributed by atoms with Crippen LogP contribution in [0.1, 0.15) is 17.2 Å². The molecule has 104 valence electrons. The number of fused-ring (bicyclic) bond motifs is 1. The van der Waals surface area contributed by atoms with Crippen LogP contribution in [0.15, 0.2) is 34.8 Å². The van der Waals surface area contributed by atoms with Crippen LogP contribution in [0.3, 0.4) is 0 Å². The average Bonchev–Trinajstić information content (AvgIpc) is 2.87. The Morgan fingerprint density at radius 2 is 1.85 bits per heavy atom. The Labute approximate surface area is 121 Å². The normalized spacial score (nSPS) is 14.4. The molecule has 0 radical (unpaired) electrons. The molecule has 2 aromatic rings. The molecule has 0 aromatic heterocycles. The summed E-state index contributed by atoms with van der Waals surface area (Å²) in [6.45, 7) is 0.0710. The van der Waals surface area contributed by atoms with Gasteiger partial charge in [0.05, 0.1) is 10.0 Å². The topological polar surface area (TPSA) is 38.7 Å². The van der Waals surface area contributed by atoms with Crippen molar-refractivity contribution in [3.05, 3.63) is 57.6 Å². The number of ether oxygens (including phenoxy) is 2. The summed E-state index contributed by atoms with van der Waals surface area (Å²) in [5.74, 6) is -0.669. The van der Waals surface area contributed by atoms with Gasteiger partial charge in [0, 0.05) is 0 Å². The van der Waals surface area contributed by atoms with E-state index >= 15 is 0 Å². The van der Waals surface area contributed by atoms with Crippen molar-refractivity contribution < 1.29 is 23.4 Å². The SMILES string of the molecule is OC(c1cc(Br)c2c(c1)OCO2)c1c(F)cccc1F. The van der Waals surface area contributed by atoms with Gasteiger partial charge in [-0.05, 0) is 45.8 Å². The summed E-state index contributed by atoms with van der Waals surface area (Å²) in [5, 5.41) is 10.2. The number of benzene rings is 2. The highest BCUT2D eigenvalue weighted by atomic mass is 79.9. The van der Waals surface area contributed by atoms with E-state index in [1.54, 1.807) is 6.07 Å². The summed E-state index contributed by atoms with van der Waals surface area (Å²) in [5.41, 5.74) is -0.0802. The van der Waals surface area contributed by atoms with Gasteiger partial charge in [0.25, 0.3) is 0 Å². The third-order valence-electron chi connectivity index (χ3n) is 3.04. The summed E-state index contributed by atoms with van der Waals surface area (Å²) in [4.78, 5) is 0. The number of rotatable bonds is 2. The van der Waals surface area contributed by atoms with Gasteiger partial charge in [0.2, 0.25) is 6.79 Å². The molecule has 1 N–H and O–H groups in total. The summed E-state index contributed by atoms with van der Waals surface area (Å²) >= 11 is 3.27. The zero-order chi connectivity index (χ0) is 14.3. The van der Waals surface area contributed by atoms with Crippen LogP contribution in [0.25, 0.3) is 0 Å². The molecule has 0 fully saturated rings. The highest BCUT2D eigenvalue weighted by molar-refractivity contribution is 9.10. The van der Waals surface area contributed by atoms with Crippen molar-refractivity contribution in [2.75, 3.05) is 6.79 Å². The molecule has 0 aliphatic carbocycles. The van der Waals surface area contributed by atoms with Crippen molar-refractivity contribution in [3.8, 4) is 11.5 Å². The van der Waals surface area contributed by atoms with Crippen LogP contribution in [0, 0.1) is 11.6 Å². The standard InChI is InChI=1S/C14H9BrF2O3/c15-8-4-7(5-11-14(8)20-6-19-11)13(18)12-9(16)2-1-3-10(12)17/h1-5,13,18H,6H2. The van der Waals surface area contributed by atoms with Crippen LogP contribution in [0.2, 0.25) is 0 Å². The quantitative estimate of drug-likeness (QED) is 0.907. The molecule has 0 saturated heterocycles. The minimum absolute atomic E-state index is 0.0710. The molecule has 3 rings (SSSR count). The Balaban J connectivity index is 2.07. The lowest BCUT2D eigenvalue weighted by Gasteiger charge is -2.14. The summed E-state index contributed by atoms with van der Waals surface area (Å²) < 4.78 is 38.4. The van der Waals surface area contributed by atoms with Crippen molar-refractivity contribution in [3.63, 3.8) is 0 Å². The van der Waals surface area contributed by atoms with Crippen molar-refractivity contribution in [2.45, 2.75) is 6.10 Å². The largest absolute Gasteiger partial charge is 0.454 e. The van der Waals surface area contributed by atoms with E-state index in [0.717, 1.165) is 12.1 Å². The van der Waals surface area contributed by atoms with E-state index in [9.17, 15) is 13.9 Å². The van der Waals surface area contributed by atoms with Gasteiger partial charge in [-0.3, -0.25) is 0 Å². The van der Waals surface area contributed by atoms with E-state index in [0.29, 0.717) is 21.5 Å². The summed E-state index contributed by atoms with van der Waals surface area (Å²) in [6.07, 6.45) is -1.43. The highest BCUT2D eigenvalue weighted by Gasteiger charge is 2.24. The zero-order valence-corrected chi connectivity index (χ0v) is 11.7. The van der Waals surface area contributed by atoms with Crippen molar-refractivity contribution >= 4 is 15.9 Å². The predicted molar refractivity (Wildman–Crippen MR) is 70.7 cm³/mol. The smallest absolute Gasteiger partial charge is 0.231 e. The molecule has 1 atom stereocenters. The minimum atomic E-state index is -1.43. The molecule has 1 heterocycles. The molecule has 2 aromatic carbocycles. The van der Waals surface area contributed by atoms with Crippen molar-refractivity contribution in [1.82, 2.24) is 0 Å². The van der Waals surface area contributed by atoms with Gasteiger partial charge in [-0.2, -0.15) is 0 Å². The highest BCUT2D eigenvalue weighted by Crippen LogP contribution is 2.42. The molecular formula is C14H9BrF2O3. The Hall–Kier alpha value is -1.66. The van der Waals surface area contributed by atoms with Gasteiger partial charge >= 0.3 is 0 Å². The van der Waals surface area contributed by atoms with Crippen LogP contribution in [-0.2, 0) is 0 Å². The first-order chi connectivity index (χ1) is 9.58. The Bertz CT molecular complexity index is 655. The third-order valence-corrected chi connectivity index (χ3v) is 3.63. The maximum absolute atomic E-state index is 13.7. The monoisotopic (exact) mass is 342 g/mol. The first kappa shape index (κ1) is 13.3. The molecule has 20 heavy (non-hydrogen) atoms. The first-order valence-electron chi connectivity index (χ1n) is 5.79. The second-order valence-electron chi connectivity index (χ2n) is 4.27. The van der Waals surface area contributed by atoms with E-state index in [1.165, 1.54) is 12.1 Å². The molecule has 0 bridgehead atoms. The first-order valence-corrected chi connectivity index (χ1v) is 6.58. The van der Waals surface area contributed by atoms with E-state index < -0.39 is 23.3 Å². The van der Waals surface area contributed by atoms with Gasteiger partial charge in [-0.25, -0.2) is 8.78 Å². The molecule has 1 aliphatic heterocycles. The maximum atomic E-state index is 13.7. The fourth-order valence-corrected chi connectivity index (χ4v) is 2.66. The molecule has 6 heteroatoms. The number of aliphatic hydroxyl groups is 1. The van der Waals surface area contributed by atoms with Gasteiger partial charge in [-0.1, -0.05) is 6.07 Å². The lowest BCUT2D eigenvalue weighted by Crippen LogP contribution is -2.05. The van der Waals surface area contributed by atoms with Crippen LogP contribution in [0.4, 0.5) is 8.78 Å². The molecule has 0 spiro atoms. The van der Waals surface area contributed by atoms with Gasteiger partial charge in [0.1, 0.15) is 17.7 Å². The molecule has 3 nitrogen and oxygen atoms in total. The van der Waals surface area contributed by atoms with Crippen molar-refractivity contribution in [1.29, 1.82) is 0 Å². The van der Waals surface area contributed by atoms with Crippen LogP contribution >= 0.6 is 15.9 Å². The lowest BCUT2D eigenvalue weighted by atomic mass is 10.00. The van der Waals surface area contributed by atoms with Crippen LogP contribution in [0.5, 0.6) is 11.5 Å².